The Kier molecular flexibility index (Phi) is 7.06. The molecule has 8 nitrogen and oxygen atoms in total. The van der Waals surface area contributed by atoms with Crippen LogP contribution in [0.1, 0.15) is 0 Å². The number of hydrogen-bond donors (Lipinski definition) is 1. The van der Waals surface area contributed by atoms with Crippen LogP contribution in [0, 0.1) is 0 Å². The highest BCUT2D eigenvalue weighted by molar-refractivity contribution is 7.99. The molecule has 0 fully saturated rings. The van der Waals surface area contributed by atoms with Gasteiger partial charge >= 0.3 is 0 Å². The summed E-state index contributed by atoms with van der Waals surface area (Å²) >= 11 is 1.35. The van der Waals surface area contributed by atoms with E-state index in [1.165, 1.54) is 11.8 Å². The van der Waals surface area contributed by atoms with Crippen molar-refractivity contribution in [2.24, 2.45) is 0 Å². The van der Waals surface area contributed by atoms with E-state index in [0.29, 0.717) is 37.2 Å². The number of thioether (sulfide) groups is 1. The number of benzene rings is 2. The summed E-state index contributed by atoms with van der Waals surface area (Å²) in [6.45, 7) is 1.90. The summed E-state index contributed by atoms with van der Waals surface area (Å²) in [4.78, 5) is 12.4. The number of carbonyl (C=O) groups is 1. The first kappa shape index (κ1) is 21.2. The predicted octanol–water partition coefficient (Wildman–Crippen LogP) is 2.64. The fourth-order valence-corrected chi connectivity index (χ4v) is 3.95. The molecule has 0 unspecified atom stereocenters. The van der Waals surface area contributed by atoms with E-state index in [-0.39, 0.29) is 17.8 Å². The van der Waals surface area contributed by atoms with E-state index in [2.05, 4.69) is 15.5 Å². The van der Waals surface area contributed by atoms with E-state index in [1.54, 1.807) is 7.11 Å². The summed E-state index contributed by atoms with van der Waals surface area (Å²) in [5.74, 6) is 2.30. The number of aromatic nitrogens is 3. The second-order valence-electron chi connectivity index (χ2n) is 6.91. The number of para-hydroxylation sites is 2. The number of ether oxygens (including phenoxy) is 3. The highest BCUT2D eigenvalue weighted by Gasteiger charge is 2.21. The number of carbonyl (C=O) groups excluding carboxylic acids is 1. The summed E-state index contributed by atoms with van der Waals surface area (Å²) in [7, 11) is 1.66. The number of fused-ring (bicyclic) bond motifs is 1. The van der Waals surface area contributed by atoms with Crippen LogP contribution in [-0.4, -0.2) is 59.4 Å². The molecule has 0 saturated heterocycles. The van der Waals surface area contributed by atoms with Crippen LogP contribution < -0.4 is 14.8 Å². The quantitative estimate of drug-likeness (QED) is 0.512. The topological polar surface area (TPSA) is 87.5 Å². The van der Waals surface area contributed by atoms with Gasteiger partial charge in [-0.05, 0) is 12.1 Å². The smallest absolute Gasteiger partial charge is 0.230 e. The fourth-order valence-electron chi connectivity index (χ4n) is 3.15. The van der Waals surface area contributed by atoms with Gasteiger partial charge in [0.2, 0.25) is 5.91 Å². The van der Waals surface area contributed by atoms with Gasteiger partial charge in [0.15, 0.2) is 22.5 Å². The van der Waals surface area contributed by atoms with Crippen molar-refractivity contribution in [3.8, 4) is 22.9 Å². The largest absolute Gasteiger partial charge is 0.486 e. The first-order valence-electron chi connectivity index (χ1n) is 10.00. The zero-order valence-electron chi connectivity index (χ0n) is 17.2. The lowest BCUT2D eigenvalue weighted by molar-refractivity contribution is -0.119. The molecule has 1 N–H and O–H groups in total. The Labute approximate surface area is 184 Å². The lowest BCUT2D eigenvalue weighted by Gasteiger charge is -2.26. The van der Waals surface area contributed by atoms with Crippen molar-refractivity contribution in [1.82, 2.24) is 20.1 Å². The molecule has 4 rings (SSSR count). The van der Waals surface area contributed by atoms with E-state index in [1.807, 2.05) is 59.2 Å². The van der Waals surface area contributed by atoms with Crippen molar-refractivity contribution in [3.63, 3.8) is 0 Å². The monoisotopic (exact) mass is 440 g/mol. The Morgan fingerprint density at radius 2 is 1.94 bits per heavy atom. The molecule has 2 aromatic carbocycles. The summed E-state index contributed by atoms with van der Waals surface area (Å²) in [6, 6.07) is 17.4. The molecule has 0 radical (unpaired) electrons. The molecule has 1 atom stereocenters. The second kappa shape index (κ2) is 10.3. The lowest BCUT2D eigenvalue weighted by Crippen LogP contribution is -2.41. The highest BCUT2D eigenvalue weighted by Crippen LogP contribution is 2.30. The molecule has 31 heavy (non-hydrogen) atoms. The molecule has 0 bridgehead atoms. The average Bonchev–Trinajstić information content (AvgIpc) is 3.23. The summed E-state index contributed by atoms with van der Waals surface area (Å²) in [6.07, 6.45) is -0.223. The summed E-state index contributed by atoms with van der Waals surface area (Å²) in [5.41, 5.74) is 0.970. The van der Waals surface area contributed by atoms with Crippen LogP contribution in [0.3, 0.4) is 0 Å². The van der Waals surface area contributed by atoms with Gasteiger partial charge in [-0.1, -0.05) is 54.2 Å². The van der Waals surface area contributed by atoms with Crippen LogP contribution in [0.25, 0.3) is 11.4 Å². The third-order valence-electron chi connectivity index (χ3n) is 4.69. The zero-order valence-corrected chi connectivity index (χ0v) is 18.0. The zero-order chi connectivity index (χ0) is 21.5. The second-order valence-corrected chi connectivity index (χ2v) is 7.85. The van der Waals surface area contributed by atoms with Crippen LogP contribution in [0.4, 0.5) is 0 Å². The Bertz CT molecular complexity index is 1010. The summed E-state index contributed by atoms with van der Waals surface area (Å²) in [5, 5.41) is 12.2. The van der Waals surface area contributed by atoms with E-state index in [9.17, 15) is 4.79 Å². The number of methoxy groups -OCH3 is 1. The molecule has 0 aliphatic carbocycles. The molecular formula is C22H24N4O4S. The molecule has 1 aliphatic heterocycles. The summed E-state index contributed by atoms with van der Waals surface area (Å²) < 4.78 is 18.8. The number of rotatable bonds is 9. The van der Waals surface area contributed by atoms with Gasteiger partial charge in [0.1, 0.15) is 12.7 Å². The first-order valence-corrected chi connectivity index (χ1v) is 11.0. The van der Waals surface area contributed by atoms with Gasteiger partial charge in [-0.25, -0.2) is 0 Å². The van der Waals surface area contributed by atoms with Crippen LogP contribution in [0.15, 0.2) is 59.8 Å². The number of nitrogens with one attached hydrogen (secondary N) is 1. The highest BCUT2D eigenvalue weighted by atomic mass is 32.2. The van der Waals surface area contributed by atoms with E-state index in [0.717, 1.165) is 17.1 Å². The van der Waals surface area contributed by atoms with Crippen LogP contribution in [0.2, 0.25) is 0 Å². The van der Waals surface area contributed by atoms with E-state index < -0.39 is 0 Å². The molecular weight excluding hydrogens is 416 g/mol. The van der Waals surface area contributed by atoms with Crippen molar-refractivity contribution < 1.29 is 19.0 Å². The Morgan fingerprint density at radius 1 is 1.16 bits per heavy atom. The van der Waals surface area contributed by atoms with Gasteiger partial charge in [-0.2, -0.15) is 0 Å². The maximum Gasteiger partial charge on any atom is 0.230 e. The molecule has 1 aromatic heterocycles. The molecule has 0 spiro atoms. The van der Waals surface area contributed by atoms with E-state index >= 15 is 0 Å². The first-order chi connectivity index (χ1) is 15.2. The van der Waals surface area contributed by atoms with Gasteiger partial charge in [0, 0.05) is 12.7 Å². The SMILES string of the molecule is COCCn1c(SCC(=O)NC[C@H]2COc3ccccc3O2)nnc1-c1ccccc1. The minimum atomic E-state index is -0.223. The molecule has 1 aliphatic rings. The molecule has 162 valence electrons. The van der Waals surface area contributed by atoms with E-state index in [4.69, 9.17) is 14.2 Å². The minimum Gasteiger partial charge on any atom is -0.486 e. The van der Waals surface area contributed by atoms with Crippen molar-refractivity contribution in [2.75, 3.05) is 32.6 Å². The third kappa shape index (κ3) is 5.36. The maximum absolute atomic E-state index is 12.4. The molecule has 3 aromatic rings. The van der Waals surface area contributed by atoms with Crippen molar-refractivity contribution in [1.29, 1.82) is 0 Å². The lowest BCUT2D eigenvalue weighted by atomic mass is 10.2. The van der Waals surface area contributed by atoms with Crippen LogP contribution >= 0.6 is 11.8 Å². The van der Waals surface area contributed by atoms with Crippen molar-refractivity contribution in [3.05, 3.63) is 54.6 Å². The number of nitrogens with zero attached hydrogens (tertiary/aromatic N) is 3. The average molecular weight is 441 g/mol. The van der Waals surface area contributed by atoms with Crippen LogP contribution in [-0.2, 0) is 16.1 Å². The van der Waals surface area contributed by atoms with Gasteiger partial charge in [-0.15, -0.1) is 10.2 Å². The van der Waals surface area contributed by atoms with Gasteiger partial charge in [0.05, 0.1) is 25.4 Å². The number of hydrogen-bond acceptors (Lipinski definition) is 7. The molecule has 1 amide bonds. The standard InChI is InChI=1S/C22H24N4O4S/c1-28-12-11-26-21(16-7-3-2-4-8-16)24-25-22(26)31-15-20(27)23-13-17-14-29-18-9-5-6-10-19(18)30-17/h2-10,17H,11-15H2,1H3,(H,23,27)/t17-/m0/s1. The van der Waals surface area contributed by atoms with Crippen LogP contribution in [0.5, 0.6) is 11.5 Å². The minimum absolute atomic E-state index is 0.102. The Hall–Kier alpha value is -3.04. The number of amides is 1. The molecule has 2 heterocycles. The third-order valence-corrected chi connectivity index (χ3v) is 5.66. The van der Waals surface area contributed by atoms with Gasteiger partial charge in [-0.3, -0.25) is 9.36 Å². The van der Waals surface area contributed by atoms with Crippen molar-refractivity contribution >= 4 is 17.7 Å². The molecule has 0 saturated carbocycles. The van der Waals surface area contributed by atoms with Gasteiger partial charge < -0.3 is 19.5 Å². The normalized spacial score (nSPS) is 14.9. The Balaban J connectivity index is 1.32. The van der Waals surface area contributed by atoms with Gasteiger partial charge in [0.25, 0.3) is 0 Å². The molecule has 9 heteroatoms. The maximum atomic E-state index is 12.4. The fraction of sp³-hybridized carbons (Fsp3) is 0.318. The van der Waals surface area contributed by atoms with Crippen molar-refractivity contribution in [2.45, 2.75) is 17.8 Å². The predicted molar refractivity (Wildman–Crippen MR) is 117 cm³/mol. The Morgan fingerprint density at radius 3 is 2.74 bits per heavy atom.